The van der Waals surface area contributed by atoms with Crippen LogP contribution in [0.5, 0.6) is 5.75 Å². The summed E-state index contributed by atoms with van der Waals surface area (Å²) in [6.45, 7) is 1.95. The smallest absolute Gasteiger partial charge is 0.267 e. The highest BCUT2D eigenvalue weighted by Crippen LogP contribution is 2.21. The molecular weight excluding hydrogens is 298 g/mol. The van der Waals surface area contributed by atoms with E-state index in [1.165, 1.54) is 11.6 Å². The van der Waals surface area contributed by atoms with Gasteiger partial charge in [-0.3, -0.25) is 10.0 Å². The maximum absolute atomic E-state index is 10.9. The summed E-state index contributed by atoms with van der Waals surface area (Å²) in [5, 5.41) is 27.2. The van der Waals surface area contributed by atoms with Crippen LogP contribution >= 0.6 is 0 Å². The van der Waals surface area contributed by atoms with Crippen LogP contribution in [0.1, 0.15) is 31.4 Å². The van der Waals surface area contributed by atoms with Crippen LogP contribution in [-0.2, 0) is 4.79 Å². The molecule has 0 saturated carbocycles. The Morgan fingerprint density at radius 2 is 2.04 bits per heavy atom. The quantitative estimate of drug-likeness (QED) is 0.241. The highest BCUT2D eigenvalue weighted by molar-refractivity contribution is 5.87. The van der Waals surface area contributed by atoms with Crippen LogP contribution in [0.3, 0.4) is 0 Å². The zero-order valence-corrected chi connectivity index (χ0v) is 13.1. The molecule has 1 atom stereocenters. The zero-order chi connectivity index (χ0) is 17.1. The highest BCUT2D eigenvalue weighted by Gasteiger charge is 2.06. The minimum Gasteiger partial charge on any atom is -0.491 e. The standard InChI is InChI=1S/C17H23NO5/c1-13(12-17(21)18-22)4-2-3-5-16(20)14-6-8-15(9-7-14)23-11-10-19/h2,4,6-9,12,16,19-20,22H,3,5,10-11H2,1H3,(H,18,21)/b4-2+,13-12+/t16-/m0/s1. The summed E-state index contributed by atoms with van der Waals surface area (Å²) in [7, 11) is 0. The monoisotopic (exact) mass is 321 g/mol. The molecule has 0 aliphatic rings. The molecule has 126 valence electrons. The third kappa shape index (κ3) is 7.60. The number of hydrogen-bond acceptors (Lipinski definition) is 5. The number of hydrogen-bond donors (Lipinski definition) is 4. The van der Waals surface area contributed by atoms with E-state index in [2.05, 4.69) is 0 Å². The second-order valence-corrected chi connectivity index (χ2v) is 5.00. The van der Waals surface area contributed by atoms with Gasteiger partial charge in [-0.05, 0) is 43.0 Å². The van der Waals surface area contributed by atoms with Crippen LogP contribution in [0.4, 0.5) is 0 Å². The fourth-order valence-electron chi connectivity index (χ4n) is 1.93. The van der Waals surface area contributed by atoms with E-state index in [9.17, 15) is 9.90 Å². The van der Waals surface area contributed by atoms with Crippen LogP contribution in [0, 0.1) is 0 Å². The minimum absolute atomic E-state index is 0.0372. The lowest BCUT2D eigenvalue weighted by atomic mass is 10.0. The Morgan fingerprint density at radius 1 is 1.35 bits per heavy atom. The van der Waals surface area contributed by atoms with Gasteiger partial charge in [-0.2, -0.15) is 0 Å². The first-order valence-corrected chi connectivity index (χ1v) is 7.37. The first kappa shape index (κ1) is 18.9. The summed E-state index contributed by atoms with van der Waals surface area (Å²) in [5.74, 6) is 0.0773. The van der Waals surface area contributed by atoms with Gasteiger partial charge in [-0.25, -0.2) is 5.48 Å². The van der Waals surface area contributed by atoms with Crippen LogP contribution in [-0.4, -0.2) is 34.5 Å². The van der Waals surface area contributed by atoms with Crippen molar-refractivity contribution in [3.05, 3.63) is 53.6 Å². The van der Waals surface area contributed by atoms with Gasteiger partial charge >= 0.3 is 0 Å². The number of hydroxylamine groups is 1. The van der Waals surface area contributed by atoms with Gasteiger partial charge in [0.05, 0.1) is 12.7 Å². The van der Waals surface area contributed by atoms with Crippen molar-refractivity contribution in [2.24, 2.45) is 0 Å². The predicted octanol–water partition coefficient (Wildman–Crippen LogP) is 1.88. The number of allylic oxidation sites excluding steroid dienone is 3. The number of rotatable bonds is 9. The zero-order valence-electron chi connectivity index (χ0n) is 13.1. The molecule has 0 unspecified atom stereocenters. The van der Waals surface area contributed by atoms with E-state index >= 15 is 0 Å². The molecule has 0 fully saturated rings. The van der Waals surface area contributed by atoms with E-state index in [-0.39, 0.29) is 13.2 Å². The molecule has 1 amide bonds. The topological polar surface area (TPSA) is 99.0 Å². The Bertz CT molecular complexity index is 536. The van der Waals surface area contributed by atoms with Gasteiger partial charge in [-0.15, -0.1) is 0 Å². The predicted molar refractivity (Wildman–Crippen MR) is 86.0 cm³/mol. The van der Waals surface area contributed by atoms with E-state index in [0.29, 0.717) is 24.2 Å². The molecule has 23 heavy (non-hydrogen) atoms. The molecule has 6 nitrogen and oxygen atoms in total. The molecule has 0 aliphatic carbocycles. The highest BCUT2D eigenvalue weighted by atomic mass is 16.5. The summed E-state index contributed by atoms with van der Waals surface area (Å²) in [5.41, 5.74) is 3.03. The van der Waals surface area contributed by atoms with Crippen LogP contribution in [0.15, 0.2) is 48.1 Å². The van der Waals surface area contributed by atoms with E-state index in [0.717, 1.165) is 5.56 Å². The number of benzene rings is 1. The van der Waals surface area contributed by atoms with Crippen molar-refractivity contribution in [1.29, 1.82) is 0 Å². The fraction of sp³-hybridized carbons (Fsp3) is 0.353. The third-order valence-corrected chi connectivity index (χ3v) is 3.08. The molecule has 1 aromatic rings. The van der Waals surface area contributed by atoms with Gasteiger partial charge in [0.1, 0.15) is 12.4 Å². The minimum atomic E-state index is -0.587. The summed E-state index contributed by atoms with van der Waals surface area (Å²) in [4.78, 5) is 10.9. The molecule has 6 heteroatoms. The van der Waals surface area contributed by atoms with Gasteiger partial charge in [0.25, 0.3) is 5.91 Å². The van der Waals surface area contributed by atoms with Crippen molar-refractivity contribution in [1.82, 2.24) is 5.48 Å². The summed E-state index contributed by atoms with van der Waals surface area (Å²) in [6.07, 6.45) is 5.50. The van der Waals surface area contributed by atoms with Gasteiger partial charge < -0.3 is 14.9 Å². The van der Waals surface area contributed by atoms with Crippen LogP contribution in [0.2, 0.25) is 0 Å². The SMILES string of the molecule is CC(/C=C/CC[C@H](O)c1ccc(OCCO)cc1)=C\C(=O)NO. The van der Waals surface area contributed by atoms with Crippen molar-refractivity contribution in [3.63, 3.8) is 0 Å². The summed E-state index contributed by atoms with van der Waals surface area (Å²) < 4.78 is 5.26. The van der Waals surface area contributed by atoms with Gasteiger partial charge in [-0.1, -0.05) is 24.3 Å². The Balaban J connectivity index is 2.43. The van der Waals surface area contributed by atoms with Gasteiger partial charge in [0.15, 0.2) is 0 Å². The number of nitrogens with one attached hydrogen (secondary N) is 1. The maximum Gasteiger partial charge on any atom is 0.267 e. The first-order chi connectivity index (χ1) is 11.1. The molecule has 1 rings (SSSR count). The van der Waals surface area contributed by atoms with Gasteiger partial charge in [0, 0.05) is 6.08 Å². The Labute approximate surface area is 135 Å². The van der Waals surface area contributed by atoms with Crippen LogP contribution in [0.25, 0.3) is 0 Å². The van der Waals surface area contributed by atoms with Gasteiger partial charge in [0.2, 0.25) is 0 Å². The largest absolute Gasteiger partial charge is 0.491 e. The molecule has 0 spiro atoms. The number of ether oxygens (including phenoxy) is 1. The van der Waals surface area contributed by atoms with Crippen molar-refractivity contribution < 1.29 is 25.0 Å². The average Bonchev–Trinajstić information content (AvgIpc) is 2.57. The summed E-state index contributed by atoms with van der Waals surface area (Å²) >= 11 is 0. The molecule has 0 bridgehead atoms. The number of amides is 1. The average molecular weight is 321 g/mol. The number of aliphatic hydroxyl groups is 2. The lowest BCUT2D eigenvalue weighted by molar-refractivity contribution is -0.124. The third-order valence-electron chi connectivity index (χ3n) is 3.08. The van der Waals surface area contributed by atoms with E-state index in [1.54, 1.807) is 37.3 Å². The summed E-state index contributed by atoms with van der Waals surface area (Å²) in [6, 6.07) is 7.09. The normalized spacial score (nSPS) is 13.1. The second kappa shape index (κ2) is 10.6. The Morgan fingerprint density at radius 3 is 2.65 bits per heavy atom. The van der Waals surface area contributed by atoms with E-state index in [1.807, 2.05) is 6.08 Å². The molecule has 4 N–H and O–H groups in total. The molecule has 0 aliphatic heterocycles. The molecule has 0 saturated heterocycles. The Kier molecular flexibility index (Phi) is 8.67. The molecule has 0 aromatic heterocycles. The van der Waals surface area contributed by atoms with Crippen molar-refractivity contribution in [3.8, 4) is 5.75 Å². The van der Waals surface area contributed by atoms with Crippen molar-refractivity contribution >= 4 is 5.91 Å². The maximum atomic E-state index is 10.9. The van der Waals surface area contributed by atoms with Crippen molar-refractivity contribution in [2.75, 3.05) is 13.2 Å². The number of aliphatic hydroxyl groups excluding tert-OH is 2. The number of carbonyl (C=O) groups is 1. The van der Waals surface area contributed by atoms with E-state index < -0.39 is 12.0 Å². The van der Waals surface area contributed by atoms with E-state index in [4.69, 9.17) is 15.1 Å². The lowest BCUT2D eigenvalue weighted by Gasteiger charge is -2.11. The molecular formula is C17H23NO5. The van der Waals surface area contributed by atoms with Crippen molar-refractivity contribution in [2.45, 2.75) is 25.9 Å². The number of carbonyl (C=O) groups excluding carboxylic acids is 1. The lowest BCUT2D eigenvalue weighted by Crippen LogP contribution is -2.15. The Hall–Kier alpha value is -2.15. The second-order valence-electron chi connectivity index (χ2n) is 5.00. The fourth-order valence-corrected chi connectivity index (χ4v) is 1.93. The molecule has 0 radical (unpaired) electrons. The first-order valence-electron chi connectivity index (χ1n) is 7.37. The molecule has 1 aromatic carbocycles. The molecule has 0 heterocycles. The van der Waals surface area contributed by atoms with Crippen LogP contribution < -0.4 is 10.2 Å².